The van der Waals surface area contributed by atoms with Crippen LogP contribution < -0.4 is 0 Å². The molecular weight excluding hydrogens is 505 g/mol. The van der Waals surface area contributed by atoms with Crippen molar-refractivity contribution in [2.75, 3.05) is 0 Å². The van der Waals surface area contributed by atoms with Crippen molar-refractivity contribution >= 4 is 16.6 Å². The van der Waals surface area contributed by atoms with Crippen LogP contribution in [0, 0.1) is 5.82 Å². The van der Waals surface area contributed by atoms with Crippen LogP contribution in [0.4, 0.5) is 39.5 Å². The van der Waals surface area contributed by atoms with Crippen molar-refractivity contribution in [2.24, 2.45) is 0 Å². The first-order chi connectivity index (χ1) is 16.8. The summed E-state index contributed by atoms with van der Waals surface area (Å²) in [7, 11) is 0. The number of nitrogens with zero attached hydrogens (tertiary/aromatic N) is 4. The number of alkyl halides is 8. The number of rotatable bonds is 3. The van der Waals surface area contributed by atoms with Crippen LogP contribution in [0.1, 0.15) is 11.3 Å². The number of nitrogens with one attached hydrogen (secondary N) is 1. The van der Waals surface area contributed by atoms with Crippen LogP contribution in [-0.2, 0) is 12.1 Å². The summed E-state index contributed by atoms with van der Waals surface area (Å²) in [5.74, 6) is -6.21. The highest BCUT2D eigenvalue weighted by Crippen LogP contribution is 2.45. The van der Waals surface area contributed by atoms with Crippen molar-refractivity contribution < 1.29 is 39.5 Å². The first-order valence-corrected chi connectivity index (χ1v) is 9.92. The van der Waals surface area contributed by atoms with Crippen molar-refractivity contribution in [1.29, 1.82) is 0 Å². The van der Waals surface area contributed by atoms with Crippen LogP contribution in [0.15, 0.2) is 55.0 Å². The molecular formula is C22H10F9N5. The van der Waals surface area contributed by atoms with Crippen LogP contribution in [0.2, 0.25) is 0 Å². The van der Waals surface area contributed by atoms with Crippen LogP contribution in [-0.4, -0.2) is 30.7 Å². The molecule has 1 N–H and O–H groups in total. The molecule has 2 aromatic carbocycles. The third-order valence-corrected chi connectivity index (χ3v) is 5.47. The Bertz CT molecular complexity index is 1610. The van der Waals surface area contributed by atoms with Gasteiger partial charge in [-0.3, -0.25) is 14.5 Å². The summed E-state index contributed by atoms with van der Waals surface area (Å²) < 4.78 is 124. The van der Waals surface area contributed by atoms with E-state index in [1.165, 1.54) is 6.07 Å². The average molecular weight is 515 g/mol. The van der Waals surface area contributed by atoms with Gasteiger partial charge >= 0.3 is 18.3 Å². The molecule has 0 aliphatic heterocycles. The van der Waals surface area contributed by atoms with Gasteiger partial charge in [-0.15, -0.1) is 0 Å². The van der Waals surface area contributed by atoms with Gasteiger partial charge < -0.3 is 0 Å². The summed E-state index contributed by atoms with van der Waals surface area (Å²) in [6.07, 6.45) is -7.98. The quantitative estimate of drug-likeness (QED) is 0.271. The standard InChI is InChI=1S/C22H10F9N5/c23-17-12(4-5-14-13(17)7-33-35-14)18-19(21(26,27)28)34-16-8-32-15(9-36(16)18)10-2-1-3-11(6-10)20(24,25)22(29,30)31/h1-9H,(H,33,35). The Labute approximate surface area is 194 Å². The van der Waals surface area contributed by atoms with Gasteiger partial charge in [0.2, 0.25) is 0 Å². The van der Waals surface area contributed by atoms with Gasteiger partial charge in [0.15, 0.2) is 11.3 Å². The smallest absolute Gasteiger partial charge is 0.295 e. The number of benzene rings is 2. The highest BCUT2D eigenvalue weighted by atomic mass is 19.4. The predicted octanol–water partition coefficient (Wildman–Crippen LogP) is 6.75. The number of imidazole rings is 1. The minimum atomic E-state index is -5.87. The van der Waals surface area contributed by atoms with Gasteiger partial charge in [0.25, 0.3) is 0 Å². The largest absolute Gasteiger partial charge is 0.458 e. The van der Waals surface area contributed by atoms with Crippen molar-refractivity contribution in [3.8, 4) is 22.5 Å². The lowest BCUT2D eigenvalue weighted by Crippen LogP contribution is -2.33. The summed E-state index contributed by atoms with van der Waals surface area (Å²) in [5, 5.41) is 6.05. The molecule has 0 saturated carbocycles. The molecule has 14 heteroatoms. The molecule has 0 saturated heterocycles. The van der Waals surface area contributed by atoms with E-state index >= 15 is 4.39 Å². The predicted molar refractivity (Wildman–Crippen MR) is 108 cm³/mol. The molecule has 5 rings (SSSR count). The topological polar surface area (TPSA) is 58.9 Å². The minimum absolute atomic E-state index is 0.0908. The van der Waals surface area contributed by atoms with Crippen molar-refractivity contribution in [3.05, 3.63) is 72.1 Å². The molecule has 3 heterocycles. The molecule has 0 fully saturated rings. The summed E-state index contributed by atoms with van der Waals surface area (Å²) in [6.45, 7) is 0. The molecule has 3 aromatic heterocycles. The molecule has 0 amide bonds. The Morgan fingerprint density at radius 2 is 1.64 bits per heavy atom. The third kappa shape index (κ3) is 3.63. The second kappa shape index (κ2) is 7.70. The SMILES string of the molecule is Fc1c(-c2c(C(F)(F)F)nc3cnc(-c4cccc(C(F)(F)C(F)(F)F)c4)cn23)ccc2[nH]ncc12. The first kappa shape index (κ1) is 23.6. The van der Waals surface area contributed by atoms with Gasteiger partial charge in [0, 0.05) is 22.9 Å². The van der Waals surface area contributed by atoms with E-state index in [1.54, 1.807) is 0 Å². The van der Waals surface area contributed by atoms with Crippen LogP contribution >= 0.6 is 0 Å². The van der Waals surface area contributed by atoms with E-state index in [-0.39, 0.29) is 27.8 Å². The fraction of sp³-hybridized carbons (Fsp3) is 0.136. The van der Waals surface area contributed by atoms with Gasteiger partial charge in [-0.05, 0) is 18.2 Å². The molecule has 0 bridgehead atoms. The van der Waals surface area contributed by atoms with E-state index in [2.05, 4.69) is 20.2 Å². The lowest BCUT2D eigenvalue weighted by molar-refractivity contribution is -0.289. The molecule has 36 heavy (non-hydrogen) atoms. The van der Waals surface area contributed by atoms with Gasteiger partial charge in [-0.25, -0.2) is 9.37 Å². The fourth-order valence-corrected chi connectivity index (χ4v) is 3.76. The Morgan fingerprint density at radius 3 is 2.33 bits per heavy atom. The van der Waals surface area contributed by atoms with E-state index < -0.39 is 46.6 Å². The zero-order valence-electron chi connectivity index (χ0n) is 17.4. The van der Waals surface area contributed by atoms with Gasteiger partial charge in [-0.2, -0.15) is 40.2 Å². The molecule has 0 aliphatic carbocycles. The molecule has 5 aromatic rings. The number of H-pyrrole nitrogens is 1. The Kier molecular flexibility index (Phi) is 5.05. The summed E-state index contributed by atoms with van der Waals surface area (Å²) in [5.41, 5.74) is -4.64. The second-order valence-electron chi connectivity index (χ2n) is 7.72. The van der Waals surface area contributed by atoms with Gasteiger partial charge in [-0.1, -0.05) is 18.2 Å². The number of aromatic nitrogens is 5. The molecule has 5 nitrogen and oxygen atoms in total. The van der Waals surface area contributed by atoms with E-state index in [1.807, 2.05) is 0 Å². The Balaban J connectivity index is 1.74. The maximum Gasteiger partial charge on any atom is 0.458 e. The third-order valence-electron chi connectivity index (χ3n) is 5.47. The number of halogens is 9. The Hall–Kier alpha value is -4.10. The molecule has 0 spiro atoms. The maximum atomic E-state index is 15.2. The maximum absolute atomic E-state index is 15.2. The van der Waals surface area contributed by atoms with E-state index in [9.17, 15) is 35.1 Å². The molecule has 0 atom stereocenters. The lowest BCUT2D eigenvalue weighted by atomic mass is 10.0. The molecule has 0 unspecified atom stereocenters. The van der Waals surface area contributed by atoms with Crippen LogP contribution in [0.25, 0.3) is 39.1 Å². The number of fused-ring (bicyclic) bond motifs is 2. The van der Waals surface area contributed by atoms with Crippen molar-refractivity contribution in [2.45, 2.75) is 18.3 Å². The van der Waals surface area contributed by atoms with Crippen LogP contribution in [0.5, 0.6) is 0 Å². The number of aromatic amines is 1. The summed E-state index contributed by atoms with van der Waals surface area (Å²) >= 11 is 0. The van der Waals surface area contributed by atoms with E-state index in [4.69, 9.17) is 0 Å². The lowest BCUT2D eigenvalue weighted by Gasteiger charge is -2.20. The van der Waals surface area contributed by atoms with E-state index in [0.29, 0.717) is 12.1 Å². The Morgan fingerprint density at radius 1 is 0.889 bits per heavy atom. The zero-order chi connectivity index (χ0) is 26.0. The summed E-state index contributed by atoms with van der Waals surface area (Å²) in [6, 6.07) is 5.57. The number of hydrogen-bond acceptors (Lipinski definition) is 3. The van der Waals surface area contributed by atoms with E-state index in [0.717, 1.165) is 41.2 Å². The van der Waals surface area contributed by atoms with Crippen LogP contribution in [0.3, 0.4) is 0 Å². The normalized spacial score (nSPS) is 13.1. The first-order valence-electron chi connectivity index (χ1n) is 9.92. The molecule has 0 aliphatic rings. The zero-order valence-corrected chi connectivity index (χ0v) is 17.4. The fourth-order valence-electron chi connectivity index (χ4n) is 3.76. The van der Waals surface area contributed by atoms with Crippen molar-refractivity contribution in [1.82, 2.24) is 24.6 Å². The number of hydrogen-bond donors (Lipinski definition) is 1. The average Bonchev–Trinajstić information content (AvgIpc) is 3.43. The molecule has 186 valence electrons. The minimum Gasteiger partial charge on any atom is -0.295 e. The highest BCUT2D eigenvalue weighted by Gasteiger charge is 2.58. The van der Waals surface area contributed by atoms with Gasteiger partial charge in [0.05, 0.1) is 34.7 Å². The highest BCUT2D eigenvalue weighted by molar-refractivity contribution is 5.85. The molecule has 0 radical (unpaired) electrons. The van der Waals surface area contributed by atoms with Gasteiger partial charge in [0.1, 0.15) is 5.82 Å². The second-order valence-corrected chi connectivity index (χ2v) is 7.72. The summed E-state index contributed by atoms with van der Waals surface area (Å²) in [4.78, 5) is 7.38. The monoisotopic (exact) mass is 515 g/mol. The van der Waals surface area contributed by atoms with Crippen molar-refractivity contribution in [3.63, 3.8) is 0 Å².